The summed E-state index contributed by atoms with van der Waals surface area (Å²) in [6, 6.07) is 5.07. The summed E-state index contributed by atoms with van der Waals surface area (Å²) in [5, 5.41) is 6.41. The average molecular weight is 335 g/mol. The van der Waals surface area contributed by atoms with E-state index >= 15 is 0 Å². The van der Waals surface area contributed by atoms with Crippen LogP contribution in [-0.4, -0.2) is 18.8 Å². The van der Waals surface area contributed by atoms with Gasteiger partial charge in [-0.3, -0.25) is 5.43 Å². The molecule has 0 unspecified atom stereocenters. The molecule has 0 atom stereocenters. The van der Waals surface area contributed by atoms with Gasteiger partial charge in [-0.2, -0.15) is 0 Å². The quantitative estimate of drug-likeness (QED) is 0.266. The maximum atomic E-state index is 11.7. The highest BCUT2D eigenvalue weighted by Crippen LogP contribution is 2.28. The van der Waals surface area contributed by atoms with E-state index in [0.29, 0.717) is 12.2 Å². The highest BCUT2D eigenvalue weighted by atomic mass is 32.2. The topological polar surface area (TPSA) is 96.4 Å². The number of anilines is 2. The van der Waals surface area contributed by atoms with E-state index in [1.807, 2.05) is 42.9 Å². The predicted molar refractivity (Wildman–Crippen MR) is 100 cm³/mol. The summed E-state index contributed by atoms with van der Waals surface area (Å²) in [5.74, 6) is 11.0. The molecule has 7 heteroatoms. The number of carbonyl (C=O) groups excluding carboxylic acids is 1. The van der Waals surface area contributed by atoms with E-state index in [4.69, 9.17) is 11.7 Å². The SMILES string of the molecule is CCc1cccc(N(N)C(=O)NN)c1NC/C=C/C(C)=C\SC. The fourth-order valence-electron chi connectivity index (χ4n) is 2.10. The Bertz CT molecular complexity index is 586. The third kappa shape index (κ3) is 5.63. The third-order valence-electron chi connectivity index (χ3n) is 3.19. The molecule has 6 N–H and O–H groups in total. The van der Waals surface area contributed by atoms with E-state index in [0.717, 1.165) is 22.7 Å². The van der Waals surface area contributed by atoms with Crippen molar-refractivity contribution >= 4 is 29.2 Å². The molecule has 0 aliphatic heterocycles. The van der Waals surface area contributed by atoms with Crippen molar-refractivity contribution in [3.8, 4) is 0 Å². The number of rotatable bonds is 7. The molecular weight excluding hydrogens is 310 g/mol. The average Bonchev–Trinajstić information content (AvgIpc) is 2.57. The molecule has 0 heterocycles. The Morgan fingerprint density at radius 2 is 2.17 bits per heavy atom. The van der Waals surface area contributed by atoms with Gasteiger partial charge in [0.2, 0.25) is 0 Å². The molecule has 0 aliphatic carbocycles. The number of nitrogens with two attached hydrogens (primary N) is 2. The summed E-state index contributed by atoms with van der Waals surface area (Å²) >= 11 is 1.67. The second-order valence-corrected chi connectivity index (χ2v) is 5.57. The van der Waals surface area contributed by atoms with E-state index in [-0.39, 0.29) is 0 Å². The molecule has 2 amide bonds. The van der Waals surface area contributed by atoms with E-state index in [1.165, 1.54) is 5.57 Å². The van der Waals surface area contributed by atoms with Crippen LogP contribution >= 0.6 is 11.8 Å². The van der Waals surface area contributed by atoms with Crippen molar-refractivity contribution in [2.24, 2.45) is 11.7 Å². The van der Waals surface area contributed by atoms with E-state index in [9.17, 15) is 4.79 Å². The number of benzene rings is 1. The Labute approximate surface area is 141 Å². The molecule has 0 saturated heterocycles. The van der Waals surface area contributed by atoms with Gasteiger partial charge in [-0.15, -0.1) is 11.8 Å². The van der Waals surface area contributed by atoms with Gasteiger partial charge >= 0.3 is 6.03 Å². The number of hydrogen-bond donors (Lipinski definition) is 4. The van der Waals surface area contributed by atoms with Gasteiger partial charge in [0, 0.05) is 6.54 Å². The minimum absolute atomic E-state index is 0.574. The number of para-hydroxylation sites is 1. The zero-order valence-corrected chi connectivity index (χ0v) is 14.6. The lowest BCUT2D eigenvalue weighted by Crippen LogP contribution is -2.48. The lowest BCUT2D eigenvalue weighted by molar-refractivity contribution is 0.246. The second-order valence-electron chi connectivity index (χ2n) is 4.87. The third-order valence-corrected chi connectivity index (χ3v) is 3.80. The minimum atomic E-state index is -0.574. The van der Waals surface area contributed by atoms with Gasteiger partial charge in [-0.05, 0) is 42.2 Å². The number of amides is 2. The van der Waals surface area contributed by atoms with Gasteiger partial charge in [0.05, 0.1) is 11.4 Å². The molecule has 23 heavy (non-hydrogen) atoms. The van der Waals surface area contributed by atoms with Gasteiger partial charge < -0.3 is 5.32 Å². The normalized spacial score (nSPS) is 11.6. The lowest BCUT2D eigenvalue weighted by atomic mass is 10.1. The summed E-state index contributed by atoms with van der Waals surface area (Å²) in [6.07, 6.45) is 6.92. The molecule has 0 saturated carbocycles. The monoisotopic (exact) mass is 335 g/mol. The maximum Gasteiger partial charge on any atom is 0.350 e. The van der Waals surface area contributed by atoms with Gasteiger partial charge in [0.15, 0.2) is 0 Å². The van der Waals surface area contributed by atoms with E-state index < -0.39 is 6.03 Å². The van der Waals surface area contributed by atoms with Crippen LogP contribution in [0.25, 0.3) is 0 Å². The molecule has 1 rings (SSSR count). The van der Waals surface area contributed by atoms with Crippen LogP contribution in [0.5, 0.6) is 0 Å². The molecule has 126 valence electrons. The van der Waals surface area contributed by atoms with Crippen molar-refractivity contribution in [2.45, 2.75) is 20.3 Å². The molecular formula is C16H25N5OS. The first kappa shape index (κ1) is 19.1. The van der Waals surface area contributed by atoms with Crippen LogP contribution in [0.4, 0.5) is 16.2 Å². The van der Waals surface area contributed by atoms with Gasteiger partial charge in [0.25, 0.3) is 0 Å². The minimum Gasteiger partial charge on any atom is -0.380 e. The number of nitrogens with zero attached hydrogens (tertiary/aromatic N) is 1. The molecule has 1 aromatic rings. The Balaban J connectivity index is 2.95. The van der Waals surface area contributed by atoms with Crippen LogP contribution in [0.3, 0.4) is 0 Å². The summed E-state index contributed by atoms with van der Waals surface area (Å²) in [6.45, 7) is 4.72. The molecule has 6 nitrogen and oxygen atoms in total. The number of urea groups is 1. The highest BCUT2D eigenvalue weighted by molar-refractivity contribution is 8.01. The van der Waals surface area contributed by atoms with Crippen LogP contribution < -0.4 is 27.4 Å². The Morgan fingerprint density at radius 1 is 1.43 bits per heavy atom. The van der Waals surface area contributed by atoms with Crippen LogP contribution in [0.1, 0.15) is 19.4 Å². The largest absolute Gasteiger partial charge is 0.380 e. The first-order valence-electron chi connectivity index (χ1n) is 7.32. The summed E-state index contributed by atoms with van der Waals surface area (Å²) in [7, 11) is 0. The second kappa shape index (κ2) is 9.94. The van der Waals surface area contributed by atoms with Crippen LogP contribution in [-0.2, 0) is 6.42 Å². The molecule has 0 spiro atoms. The predicted octanol–water partition coefficient (Wildman–Crippen LogP) is 2.75. The fourth-order valence-corrected chi connectivity index (χ4v) is 2.55. The fraction of sp³-hybridized carbons (Fsp3) is 0.312. The molecule has 0 fully saturated rings. The Hall–Kier alpha value is -1.96. The van der Waals surface area contributed by atoms with Gasteiger partial charge in [-0.1, -0.05) is 31.2 Å². The summed E-state index contributed by atoms with van der Waals surface area (Å²) in [4.78, 5) is 11.7. The number of hydrazine groups is 2. The first-order valence-corrected chi connectivity index (χ1v) is 8.61. The number of thioether (sulfide) groups is 1. The van der Waals surface area contributed by atoms with Crippen molar-refractivity contribution < 1.29 is 4.79 Å². The van der Waals surface area contributed by atoms with Crippen molar-refractivity contribution in [2.75, 3.05) is 23.1 Å². The zero-order valence-electron chi connectivity index (χ0n) is 13.8. The number of hydrogen-bond acceptors (Lipinski definition) is 5. The number of nitrogens with one attached hydrogen (secondary N) is 2. The van der Waals surface area contributed by atoms with Crippen molar-refractivity contribution in [3.63, 3.8) is 0 Å². The molecule has 0 aliphatic rings. The van der Waals surface area contributed by atoms with Gasteiger partial charge in [-0.25, -0.2) is 21.5 Å². The van der Waals surface area contributed by atoms with Crippen LogP contribution in [0.2, 0.25) is 0 Å². The maximum absolute atomic E-state index is 11.7. The number of carbonyl (C=O) groups is 1. The van der Waals surface area contributed by atoms with Crippen molar-refractivity contribution in [1.82, 2.24) is 5.43 Å². The van der Waals surface area contributed by atoms with Crippen molar-refractivity contribution in [1.29, 1.82) is 0 Å². The van der Waals surface area contributed by atoms with E-state index in [1.54, 1.807) is 17.8 Å². The number of allylic oxidation sites excluding steroid dienone is 2. The smallest absolute Gasteiger partial charge is 0.350 e. The van der Waals surface area contributed by atoms with Crippen LogP contribution in [0, 0.1) is 0 Å². The molecule has 1 aromatic carbocycles. The lowest BCUT2D eigenvalue weighted by Gasteiger charge is -2.22. The summed E-state index contributed by atoms with van der Waals surface area (Å²) in [5.41, 5.74) is 5.71. The molecule has 0 radical (unpaired) electrons. The molecule has 0 bridgehead atoms. The standard InChI is InChI=1S/C16H25N5OS/c1-4-13-8-5-9-14(21(18)16(22)20-17)15(13)19-10-6-7-12(2)11-23-3/h5-9,11,19H,4,10,17-18H2,1-3H3,(H,20,22)/b7-6+,12-11-. The Morgan fingerprint density at radius 3 is 2.78 bits per heavy atom. The zero-order chi connectivity index (χ0) is 17.2. The summed E-state index contributed by atoms with van der Waals surface area (Å²) < 4.78 is 0. The highest BCUT2D eigenvalue weighted by Gasteiger charge is 2.16. The first-order chi connectivity index (χ1) is 11.0. The van der Waals surface area contributed by atoms with Gasteiger partial charge in [0.1, 0.15) is 0 Å². The Kier molecular flexibility index (Phi) is 8.25. The van der Waals surface area contributed by atoms with Crippen LogP contribution in [0.15, 0.2) is 41.3 Å². The number of aryl methyl sites for hydroxylation is 1. The molecule has 0 aromatic heterocycles. The van der Waals surface area contributed by atoms with E-state index in [2.05, 4.69) is 17.6 Å². The van der Waals surface area contributed by atoms with Crippen molar-refractivity contribution in [3.05, 3.63) is 46.9 Å².